The topological polar surface area (TPSA) is 158 Å². The van der Waals surface area contributed by atoms with E-state index in [0.29, 0.717) is 11.3 Å². The molecule has 0 aliphatic heterocycles. The molecule has 1 N–H and O–H groups in total. The number of nitrogens with one attached hydrogen (secondary N) is 1. The van der Waals surface area contributed by atoms with E-state index in [0.717, 1.165) is 9.25 Å². The number of carbonyl (C=O) groups is 1. The number of rotatable bonds is 6. The molecule has 41 heavy (non-hydrogen) atoms. The van der Waals surface area contributed by atoms with Gasteiger partial charge in [0.15, 0.2) is 22.7 Å². The molecule has 0 aliphatic rings. The summed E-state index contributed by atoms with van der Waals surface area (Å²) in [6.45, 7) is 3.89. The largest absolute Gasteiger partial charge is 0.545 e. The van der Waals surface area contributed by atoms with Crippen molar-refractivity contribution in [2.75, 3.05) is 7.11 Å². The van der Waals surface area contributed by atoms with Gasteiger partial charge in [-0.25, -0.2) is 9.48 Å². The lowest BCUT2D eigenvalue weighted by Gasteiger charge is -2.10. The number of imidazole rings is 1. The predicted octanol–water partition coefficient (Wildman–Crippen LogP) is -0.493. The molecule has 5 aromatic rings. The highest BCUT2D eigenvalue weighted by atomic mass is 35.5. The average molecular weight is 578 g/mol. The van der Waals surface area contributed by atoms with Crippen molar-refractivity contribution >= 4 is 41.4 Å². The van der Waals surface area contributed by atoms with Gasteiger partial charge >= 0.3 is 11.7 Å². The molecule has 0 amide bonds. The monoisotopic (exact) mass is 577 g/mol. The van der Waals surface area contributed by atoms with Crippen LogP contribution in [0.25, 0.3) is 29.5 Å². The Bertz CT molecular complexity index is 2190. The van der Waals surface area contributed by atoms with Crippen LogP contribution in [0.5, 0.6) is 17.5 Å². The summed E-state index contributed by atoms with van der Waals surface area (Å²) in [5, 5.41) is 14.7. The van der Waals surface area contributed by atoms with Crippen LogP contribution in [0.1, 0.15) is 15.9 Å². The smallest absolute Gasteiger partial charge is 0.332 e. The molecular weight excluding hydrogens is 556 g/mol. The summed E-state index contributed by atoms with van der Waals surface area (Å²) in [4.78, 5) is 53.9. The van der Waals surface area contributed by atoms with Crippen LogP contribution in [0.15, 0.2) is 50.8 Å². The van der Waals surface area contributed by atoms with Crippen molar-refractivity contribution < 1.29 is 19.4 Å². The Morgan fingerprint density at radius 3 is 2.44 bits per heavy atom. The normalized spacial score (nSPS) is 11.8. The first-order chi connectivity index (χ1) is 19.4. The third-order valence-corrected chi connectivity index (χ3v) is 6.90. The van der Waals surface area contributed by atoms with Gasteiger partial charge in [-0.2, -0.15) is 4.98 Å². The van der Waals surface area contributed by atoms with Gasteiger partial charge in [0.05, 0.1) is 29.3 Å². The van der Waals surface area contributed by atoms with E-state index in [9.17, 15) is 24.3 Å². The first-order valence-corrected chi connectivity index (χ1v) is 12.3. The molecule has 3 heterocycles. The van der Waals surface area contributed by atoms with Crippen LogP contribution < -0.4 is 42.0 Å². The third-order valence-electron chi connectivity index (χ3n) is 6.57. The Labute approximate surface area is 235 Å². The van der Waals surface area contributed by atoms with E-state index < -0.39 is 22.8 Å². The zero-order valence-electron chi connectivity index (χ0n) is 22.2. The number of aromatic carboxylic acids is 1. The number of aryl methyl sites for hydroxylation is 2. The summed E-state index contributed by atoms with van der Waals surface area (Å²) >= 11 is 5.92. The summed E-state index contributed by atoms with van der Waals surface area (Å²) in [6, 6.07) is 9.01. The number of methoxy groups -OCH3 is 1. The van der Waals surface area contributed by atoms with Gasteiger partial charge in [0.2, 0.25) is 0 Å². The maximum absolute atomic E-state index is 13.2. The van der Waals surface area contributed by atoms with E-state index in [1.807, 2.05) is 0 Å². The number of halogens is 1. The number of carboxylic acid groups (broad SMARTS) is 1. The quantitative estimate of drug-likeness (QED) is 0.283. The highest BCUT2D eigenvalue weighted by Gasteiger charge is 2.19. The van der Waals surface area contributed by atoms with Crippen LogP contribution in [0, 0.1) is 0 Å². The average Bonchev–Trinajstić information content (AvgIpc) is 3.42. The van der Waals surface area contributed by atoms with Crippen molar-refractivity contribution in [1.29, 1.82) is 0 Å². The number of nitrogens with zero attached hydrogens (tertiary/aromatic N) is 5. The van der Waals surface area contributed by atoms with Crippen molar-refractivity contribution in [2.45, 2.75) is 0 Å². The number of aromatic amines is 1. The van der Waals surface area contributed by atoms with E-state index in [-0.39, 0.29) is 49.8 Å². The summed E-state index contributed by atoms with van der Waals surface area (Å²) in [6.07, 6.45) is 1.58. The second-order valence-electron chi connectivity index (χ2n) is 9.08. The zero-order chi connectivity index (χ0) is 29.7. The Balaban J connectivity index is 1.55. The van der Waals surface area contributed by atoms with E-state index in [2.05, 4.69) is 16.7 Å². The zero-order valence-corrected chi connectivity index (χ0v) is 23.0. The van der Waals surface area contributed by atoms with E-state index in [1.165, 1.54) is 48.5 Å². The second-order valence-corrected chi connectivity index (χ2v) is 9.49. The summed E-state index contributed by atoms with van der Waals surface area (Å²) in [5.74, 6) is -0.912. The van der Waals surface area contributed by atoms with Gasteiger partial charge in [-0.3, -0.25) is 28.4 Å². The highest BCUT2D eigenvalue weighted by molar-refractivity contribution is 6.33. The lowest BCUT2D eigenvalue weighted by molar-refractivity contribution is -0.255. The molecule has 0 bridgehead atoms. The van der Waals surface area contributed by atoms with Crippen LogP contribution in [-0.2, 0) is 21.1 Å². The lowest BCUT2D eigenvalue weighted by atomic mass is 10.1. The summed E-state index contributed by atoms with van der Waals surface area (Å²) in [5.41, 5.74) is -0.618. The van der Waals surface area contributed by atoms with Gasteiger partial charge in [0, 0.05) is 31.7 Å². The number of carbonyl (C=O) groups excluding carboxylic acids is 1. The van der Waals surface area contributed by atoms with E-state index >= 15 is 0 Å². The minimum absolute atomic E-state index is 0.0189. The van der Waals surface area contributed by atoms with Crippen LogP contribution in [0.3, 0.4) is 0 Å². The van der Waals surface area contributed by atoms with Crippen LogP contribution in [0.2, 0.25) is 5.02 Å². The molecule has 3 aromatic heterocycles. The Morgan fingerprint density at radius 1 is 1.02 bits per heavy atom. The lowest BCUT2D eigenvalue weighted by Crippen LogP contribution is -2.37. The SMILES string of the molecule is C=c1[nH]n(-c2ccc(Cl)c(C(=O)[O-])c2)c(=O)c1=Cc1ccc(Oc2nc3c(c(=O)n(C)c(=O)n3C)n2C)c(OC)c1. The molecule has 0 spiro atoms. The number of benzene rings is 2. The summed E-state index contributed by atoms with van der Waals surface area (Å²) in [7, 11) is 5.92. The predicted molar refractivity (Wildman–Crippen MR) is 148 cm³/mol. The molecule has 5 rings (SSSR count). The van der Waals surface area contributed by atoms with Crippen LogP contribution in [0.4, 0.5) is 0 Å². The number of hydrogen-bond acceptors (Lipinski definition) is 8. The maximum Gasteiger partial charge on any atom is 0.332 e. The van der Waals surface area contributed by atoms with Gasteiger partial charge in [0.1, 0.15) is 0 Å². The number of ether oxygens (including phenoxy) is 2. The van der Waals surface area contributed by atoms with Crippen molar-refractivity contribution in [3.8, 4) is 23.2 Å². The molecular formula is C27H22ClN6O7-. The van der Waals surface area contributed by atoms with Gasteiger partial charge < -0.3 is 19.4 Å². The minimum atomic E-state index is -1.47. The van der Waals surface area contributed by atoms with Gasteiger partial charge in [-0.1, -0.05) is 24.2 Å². The fraction of sp³-hybridized carbons (Fsp3) is 0.148. The van der Waals surface area contributed by atoms with Gasteiger partial charge in [0.25, 0.3) is 11.1 Å². The molecule has 2 aromatic carbocycles. The second kappa shape index (κ2) is 10.0. The fourth-order valence-corrected chi connectivity index (χ4v) is 4.54. The minimum Gasteiger partial charge on any atom is -0.545 e. The first-order valence-electron chi connectivity index (χ1n) is 11.9. The van der Waals surface area contributed by atoms with Crippen molar-refractivity contribution in [2.24, 2.45) is 21.1 Å². The molecule has 0 radical (unpaired) electrons. The third kappa shape index (κ3) is 4.51. The molecule has 0 unspecified atom stereocenters. The Morgan fingerprint density at radius 2 is 1.76 bits per heavy atom. The number of aromatic nitrogens is 6. The molecule has 210 valence electrons. The Hall–Kier alpha value is -5.30. The maximum atomic E-state index is 13.2. The molecule has 0 saturated heterocycles. The fourth-order valence-electron chi connectivity index (χ4n) is 4.35. The van der Waals surface area contributed by atoms with Crippen molar-refractivity contribution in [3.05, 3.63) is 94.3 Å². The molecule has 0 aliphatic carbocycles. The van der Waals surface area contributed by atoms with Crippen molar-refractivity contribution in [3.63, 3.8) is 0 Å². The summed E-state index contributed by atoms with van der Waals surface area (Å²) < 4.78 is 16.3. The Kier molecular flexibility index (Phi) is 6.67. The molecule has 0 atom stereocenters. The van der Waals surface area contributed by atoms with Gasteiger partial charge in [-0.15, -0.1) is 0 Å². The number of carboxylic acids is 1. The van der Waals surface area contributed by atoms with E-state index in [1.54, 1.807) is 31.3 Å². The highest BCUT2D eigenvalue weighted by Crippen LogP contribution is 2.32. The van der Waals surface area contributed by atoms with E-state index in [4.69, 9.17) is 21.1 Å². The number of hydrogen-bond donors (Lipinski definition) is 1. The molecule has 0 saturated carbocycles. The molecule has 0 fully saturated rings. The molecule has 14 heteroatoms. The van der Waals surface area contributed by atoms with Gasteiger partial charge in [-0.05, 0) is 42.0 Å². The number of fused-ring (bicyclic) bond motifs is 1. The van der Waals surface area contributed by atoms with Crippen LogP contribution in [-0.4, -0.2) is 41.5 Å². The number of H-pyrrole nitrogens is 1. The first kappa shape index (κ1) is 27.3. The standard InChI is InChI=1S/C27H23ClN6O7/c1-13-16(23(35)34(30-13)15-7-8-18(28)17(12-15)25(37)38)10-14-6-9-19(20(11-14)40-5)41-26-29-22-21(31(26)2)24(36)33(4)27(39)32(22)3/h6-12,30H,1H2,2-5H3,(H,37,38)/p-1. The molecule has 13 nitrogen and oxygen atoms in total. The van der Waals surface area contributed by atoms with Crippen LogP contribution >= 0.6 is 11.6 Å². The van der Waals surface area contributed by atoms with Crippen molar-refractivity contribution in [1.82, 2.24) is 28.5 Å².